The Balaban J connectivity index is 2.22. The van der Waals surface area contributed by atoms with Crippen LogP contribution >= 0.6 is 0 Å². The summed E-state index contributed by atoms with van der Waals surface area (Å²) in [6.45, 7) is 5.90. The molecule has 1 N–H and O–H groups in total. The maximum Gasteiger partial charge on any atom is 0.255 e. The predicted octanol–water partition coefficient (Wildman–Crippen LogP) is 3.44. The van der Waals surface area contributed by atoms with Gasteiger partial charge in [-0.25, -0.2) is 8.42 Å². The molecular weight excluding hydrogens is 326 g/mol. The fraction of sp³-hybridized carbons (Fsp3) is 0.278. The molecule has 6 heteroatoms. The summed E-state index contributed by atoms with van der Waals surface area (Å²) in [4.78, 5) is 12.6. The Morgan fingerprint density at radius 3 is 2.33 bits per heavy atom. The van der Waals surface area contributed by atoms with E-state index in [9.17, 15) is 13.2 Å². The van der Waals surface area contributed by atoms with Crippen molar-refractivity contribution in [1.82, 2.24) is 0 Å². The molecule has 0 spiro atoms. The van der Waals surface area contributed by atoms with E-state index in [1.54, 1.807) is 13.0 Å². The Morgan fingerprint density at radius 2 is 1.75 bits per heavy atom. The minimum atomic E-state index is -3.27. The molecule has 0 saturated heterocycles. The van der Waals surface area contributed by atoms with E-state index in [1.807, 2.05) is 26.0 Å². The Labute approximate surface area is 142 Å². The predicted molar refractivity (Wildman–Crippen MR) is 94.5 cm³/mol. The number of aryl methyl sites for hydroxylation is 1. The van der Waals surface area contributed by atoms with Gasteiger partial charge in [-0.2, -0.15) is 0 Å². The highest BCUT2D eigenvalue weighted by atomic mass is 32.2. The van der Waals surface area contributed by atoms with Crippen LogP contribution in [0.4, 0.5) is 5.69 Å². The molecule has 0 radical (unpaired) electrons. The first-order valence-corrected chi connectivity index (χ1v) is 9.40. The summed E-state index contributed by atoms with van der Waals surface area (Å²) < 4.78 is 29.1. The molecule has 2 aromatic carbocycles. The molecule has 128 valence electrons. The van der Waals surface area contributed by atoms with Gasteiger partial charge in [0.05, 0.1) is 22.9 Å². The monoisotopic (exact) mass is 347 g/mol. The van der Waals surface area contributed by atoms with Crippen molar-refractivity contribution in [3.05, 3.63) is 53.6 Å². The average Bonchev–Trinajstić information content (AvgIpc) is 2.57. The van der Waals surface area contributed by atoms with Crippen molar-refractivity contribution in [1.29, 1.82) is 0 Å². The third-order valence-corrected chi connectivity index (χ3v) is 5.29. The fourth-order valence-corrected chi connectivity index (χ4v) is 3.07. The van der Waals surface area contributed by atoms with Gasteiger partial charge < -0.3 is 10.1 Å². The van der Waals surface area contributed by atoms with Gasteiger partial charge in [0.15, 0.2) is 9.84 Å². The Kier molecular flexibility index (Phi) is 5.62. The SMILES string of the molecule is CCOc1cc(C)ccc1NC(=O)c1ccc(S(=O)(=O)CC)cc1. The Morgan fingerprint density at radius 1 is 1.08 bits per heavy atom. The van der Waals surface area contributed by atoms with E-state index in [0.717, 1.165) is 5.56 Å². The first-order valence-electron chi connectivity index (χ1n) is 7.75. The van der Waals surface area contributed by atoms with Crippen LogP contribution in [0.5, 0.6) is 5.75 Å². The van der Waals surface area contributed by atoms with Crippen LogP contribution in [0.3, 0.4) is 0 Å². The van der Waals surface area contributed by atoms with Gasteiger partial charge in [0.25, 0.3) is 5.91 Å². The molecule has 2 aromatic rings. The van der Waals surface area contributed by atoms with Crippen LogP contribution in [0.2, 0.25) is 0 Å². The zero-order chi connectivity index (χ0) is 17.7. The Bertz CT molecular complexity index is 827. The van der Waals surface area contributed by atoms with Gasteiger partial charge in [-0.05, 0) is 55.8 Å². The van der Waals surface area contributed by atoms with Gasteiger partial charge >= 0.3 is 0 Å². The molecular formula is C18H21NO4S. The van der Waals surface area contributed by atoms with Gasteiger partial charge in [-0.15, -0.1) is 0 Å². The molecule has 0 aliphatic rings. The quantitative estimate of drug-likeness (QED) is 0.869. The van der Waals surface area contributed by atoms with E-state index in [1.165, 1.54) is 24.3 Å². The van der Waals surface area contributed by atoms with E-state index >= 15 is 0 Å². The van der Waals surface area contributed by atoms with Gasteiger partial charge in [-0.3, -0.25) is 4.79 Å². The highest BCUT2D eigenvalue weighted by molar-refractivity contribution is 7.91. The molecule has 0 heterocycles. The van der Waals surface area contributed by atoms with E-state index in [0.29, 0.717) is 23.6 Å². The molecule has 0 aromatic heterocycles. The summed E-state index contributed by atoms with van der Waals surface area (Å²) in [6.07, 6.45) is 0. The molecule has 0 aliphatic carbocycles. The van der Waals surface area contributed by atoms with E-state index in [2.05, 4.69) is 5.32 Å². The van der Waals surface area contributed by atoms with Gasteiger partial charge in [0.1, 0.15) is 5.75 Å². The number of carbonyl (C=O) groups excluding carboxylic acids is 1. The highest BCUT2D eigenvalue weighted by Gasteiger charge is 2.14. The zero-order valence-corrected chi connectivity index (χ0v) is 14.8. The lowest BCUT2D eigenvalue weighted by molar-refractivity contribution is 0.102. The van der Waals surface area contributed by atoms with E-state index in [4.69, 9.17) is 4.74 Å². The van der Waals surface area contributed by atoms with E-state index in [-0.39, 0.29) is 16.6 Å². The summed E-state index contributed by atoms with van der Waals surface area (Å²) in [7, 11) is -3.27. The number of ether oxygens (including phenoxy) is 1. The second kappa shape index (κ2) is 7.49. The van der Waals surface area contributed by atoms with Crippen LogP contribution in [-0.4, -0.2) is 26.7 Å². The number of benzene rings is 2. The summed E-state index contributed by atoms with van der Waals surface area (Å²) in [5.74, 6) is 0.316. The third-order valence-electron chi connectivity index (χ3n) is 3.54. The molecule has 1 amide bonds. The molecule has 5 nitrogen and oxygen atoms in total. The lowest BCUT2D eigenvalue weighted by Gasteiger charge is -2.12. The largest absolute Gasteiger partial charge is 0.492 e. The number of rotatable bonds is 6. The lowest BCUT2D eigenvalue weighted by atomic mass is 10.2. The van der Waals surface area contributed by atoms with Crippen molar-refractivity contribution in [2.45, 2.75) is 25.7 Å². The number of amides is 1. The van der Waals surface area contributed by atoms with Crippen molar-refractivity contribution in [3.8, 4) is 5.75 Å². The number of hydrogen-bond acceptors (Lipinski definition) is 4. The first-order chi connectivity index (χ1) is 11.4. The summed E-state index contributed by atoms with van der Waals surface area (Å²) in [6, 6.07) is 11.4. The second-order valence-corrected chi connectivity index (χ2v) is 7.59. The molecule has 0 bridgehead atoms. The molecule has 2 rings (SSSR count). The van der Waals surface area contributed by atoms with Gasteiger partial charge in [0, 0.05) is 5.56 Å². The van der Waals surface area contributed by atoms with Crippen molar-refractivity contribution < 1.29 is 17.9 Å². The van der Waals surface area contributed by atoms with Crippen molar-refractivity contribution >= 4 is 21.4 Å². The topological polar surface area (TPSA) is 72.5 Å². The Hall–Kier alpha value is -2.34. The van der Waals surface area contributed by atoms with Crippen LogP contribution in [-0.2, 0) is 9.84 Å². The lowest BCUT2D eigenvalue weighted by Crippen LogP contribution is -2.13. The number of nitrogens with one attached hydrogen (secondary N) is 1. The van der Waals surface area contributed by atoms with Gasteiger partial charge in [-0.1, -0.05) is 13.0 Å². The van der Waals surface area contributed by atoms with Gasteiger partial charge in [0.2, 0.25) is 0 Å². The molecule has 24 heavy (non-hydrogen) atoms. The minimum absolute atomic E-state index is 0.0274. The average molecular weight is 347 g/mol. The first kappa shape index (κ1) is 18.0. The number of carbonyl (C=O) groups is 1. The number of anilines is 1. The highest BCUT2D eigenvalue weighted by Crippen LogP contribution is 2.26. The maximum atomic E-state index is 12.4. The zero-order valence-electron chi connectivity index (χ0n) is 14.0. The van der Waals surface area contributed by atoms with Crippen LogP contribution in [0.25, 0.3) is 0 Å². The van der Waals surface area contributed by atoms with Crippen molar-refractivity contribution in [2.75, 3.05) is 17.7 Å². The molecule has 0 unspecified atom stereocenters. The van der Waals surface area contributed by atoms with Crippen LogP contribution < -0.4 is 10.1 Å². The summed E-state index contributed by atoms with van der Waals surface area (Å²) in [5, 5.41) is 2.80. The third kappa shape index (κ3) is 4.14. The van der Waals surface area contributed by atoms with Crippen molar-refractivity contribution in [3.63, 3.8) is 0 Å². The van der Waals surface area contributed by atoms with Crippen LogP contribution in [0.1, 0.15) is 29.8 Å². The van der Waals surface area contributed by atoms with E-state index < -0.39 is 9.84 Å². The fourth-order valence-electron chi connectivity index (χ4n) is 2.18. The molecule has 0 fully saturated rings. The summed E-state index contributed by atoms with van der Waals surface area (Å²) >= 11 is 0. The maximum absolute atomic E-state index is 12.4. The smallest absolute Gasteiger partial charge is 0.255 e. The van der Waals surface area contributed by atoms with Crippen LogP contribution in [0, 0.1) is 6.92 Å². The van der Waals surface area contributed by atoms with Crippen LogP contribution in [0.15, 0.2) is 47.4 Å². The minimum Gasteiger partial charge on any atom is -0.492 e. The normalized spacial score (nSPS) is 11.1. The molecule has 0 saturated carbocycles. The van der Waals surface area contributed by atoms with Crippen molar-refractivity contribution in [2.24, 2.45) is 0 Å². The molecule has 0 atom stereocenters. The summed E-state index contributed by atoms with van der Waals surface area (Å²) in [5.41, 5.74) is 2.00. The number of sulfone groups is 1. The standard InChI is InChI=1S/C18H21NO4S/c1-4-23-17-12-13(3)6-11-16(17)19-18(20)14-7-9-15(10-8-14)24(21,22)5-2/h6-12H,4-5H2,1-3H3,(H,19,20). The number of hydrogen-bond donors (Lipinski definition) is 1. The second-order valence-electron chi connectivity index (χ2n) is 5.31. The molecule has 0 aliphatic heterocycles.